The molecule has 3 atom stereocenters. The van der Waals surface area contributed by atoms with Crippen LogP contribution in [0.1, 0.15) is 52.4 Å². The molecule has 1 N–H and O–H groups in total. The van der Waals surface area contributed by atoms with E-state index >= 15 is 0 Å². The van der Waals surface area contributed by atoms with Gasteiger partial charge in [-0.05, 0) is 52.5 Å². The van der Waals surface area contributed by atoms with Gasteiger partial charge in [0, 0.05) is 37.8 Å². The van der Waals surface area contributed by atoms with Crippen LogP contribution in [0.5, 0.6) is 0 Å². The fourth-order valence-corrected chi connectivity index (χ4v) is 3.93. The summed E-state index contributed by atoms with van der Waals surface area (Å²) < 4.78 is 0. The zero-order valence-corrected chi connectivity index (χ0v) is 13.6. The molecular weight excluding hydrogens is 260 g/mol. The highest BCUT2D eigenvalue weighted by atomic mass is 15.3. The van der Waals surface area contributed by atoms with Gasteiger partial charge in [0.15, 0.2) is 0 Å². The van der Waals surface area contributed by atoms with E-state index in [0.717, 1.165) is 19.0 Å². The average molecular weight is 290 g/mol. The fraction of sp³-hybridized carbons (Fsp3) is 0.941. The Balaban J connectivity index is 1.52. The van der Waals surface area contributed by atoms with Gasteiger partial charge in [-0.2, -0.15) is 5.26 Å². The molecule has 21 heavy (non-hydrogen) atoms. The quantitative estimate of drug-likeness (QED) is 0.840. The van der Waals surface area contributed by atoms with Crippen LogP contribution in [-0.4, -0.2) is 59.6 Å². The SMILES string of the molecule is CC1CN2CCCCC2CN1CCC(C)(C#N)NC1CC1. The van der Waals surface area contributed by atoms with Gasteiger partial charge in [-0.3, -0.25) is 15.1 Å². The van der Waals surface area contributed by atoms with E-state index < -0.39 is 0 Å². The van der Waals surface area contributed by atoms with Crippen molar-refractivity contribution in [3.8, 4) is 6.07 Å². The summed E-state index contributed by atoms with van der Waals surface area (Å²) >= 11 is 0. The van der Waals surface area contributed by atoms with Crippen LogP contribution in [0.15, 0.2) is 0 Å². The van der Waals surface area contributed by atoms with Gasteiger partial charge in [-0.15, -0.1) is 0 Å². The number of hydrogen-bond donors (Lipinski definition) is 1. The second-order valence-electron chi connectivity index (χ2n) is 7.60. The molecule has 0 aromatic rings. The summed E-state index contributed by atoms with van der Waals surface area (Å²) in [6.07, 6.45) is 7.56. The van der Waals surface area contributed by atoms with Crippen molar-refractivity contribution in [2.45, 2.75) is 76.0 Å². The summed E-state index contributed by atoms with van der Waals surface area (Å²) in [6, 6.07) is 4.50. The standard InChI is InChI=1S/C17H30N4/c1-14-11-21-9-4-3-5-16(21)12-20(14)10-8-17(2,13-18)19-15-6-7-15/h14-16,19H,3-12H2,1-2H3. The maximum atomic E-state index is 9.51. The minimum absolute atomic E-state index is 0.343. The lowest BCUT2D eigenvalue weighted by atomic mass is 9.95. The first-order valence-electron chi connectivity index (χ1n) is 8.77. The summed E-state index contributed by atoms with van der Waals surface area (Å²) in [5, 5.41) is 13.0. The van der Waals surface area contributed by atoms with Crippen LogP contribution < -0.4 is 5.32 Å². The number of piperidine rings is 1. The van der Waals surface area contributed by atoms with E-state index in [4.69, 9.17) is 0 Å². The van der Waals surface area contributed by atoms with Crippen LogP contribution in [0.2, 0.25) is 0 Å². The molecule has 118 valence electrons. The average Bonchev–Trinajstić information content (AvgIpc) is 3.29. The number of nitriles is 1. The summed E-state index contributed by atoms with van der Waals surface area (Å²) in [7, 11) is 0. The largest absolute Gasteiger partial charge is 0.298 e. The van der Waals surface area contributed by atoms with Crippen molar-refractivity contribution >= 4 is 0 Å². The maximum absolute atomic E-state index is 9.51. The first kappa shape index (κ1) is 15.3. The first-order valence-corrected chi connectivity index (χ1v) is 8.77. The molecule has 4 heteroatoms. The number of nitrogens with one attached hydrogen (secondary N) is 1. The van der Waals surface area contributed by atoms with E-state index in [1.807, 2.05) is 0 Å². The summed E-state index contributed by atoms with van der Waals surface area (Å²) in [5.41, 5.74) is -0.343. The zero-order valence-electron chi connectivity index (χ0n) is 13.6. The van der Waals surface area contributed by atoms with Crippen LogP contribution in [-0.2, 0) is 0 Å². The van der Waals surface area contributed by atoms with Crippen LogP contribution in [0.25, 0.3) is 0 Å². The Bertz CT molecular complexity index is 400. The fourth-order valence-electron chi connectivity index (χ4n) is 3.93. The number of fused-ring (bicyclic) bond motifs is 1. The highest BCUT2D eigenvalue weighted by molar-refractivity contribution is 5.07. The summed E-state index contributed by atoms with van der Waals surface area (Å²) in [4.78, 5) is 5.31. The summed E-state index contributed by atoms with van der Waals surface area (Å²) in [5.74, 6) is 0. The Morgan fingerprint density at radius 3 is 2.76 bits per heavy atom. The molecule has 1 saturated carbocycles. The monoisotopic (exact) mass is 290 g/mol. The molecule has 3 rings (SSSR count). The predicted molar refractivity (Wildman–Crippen MR) is 85.0 cm³/mol. The van der Waals surface area contributed by atoms with Crippen molar-refractivity contribution in [1.29, 1.82) is 5.26 Å². The second-order valence-corrected chi connectivity index (χ2v) is 7.60. The van der Waals surface area contributed by atoms with Crippen LogP contribution >= 0.6 is 0 Å². The third-order valence-electron chi connectivity index (χ3n) is 5.56. The van der Waals surface area contributed by atoms with Gasteiger partial charge in [0.25, 0.3) is 0 Å². The highest BCUT2D eigenvalue weighted by Crippen LogP contribution is 2.26. The molecule has 0 radical (unpaired) electrons. The van der Waals surface area contributed by atoms with Crippen molar-refractivity contribution in [3.63, 3.8) is 0 Å². The van der Waals surface area contributed by atoms with Gasteiger partial charge in [0.1, 0.15) is 5.54 Å². The van der Waals surface area contributed by atoms with Crippen molar-refractivity contribution in [3.05, 3.63) is 0 Å². The third kappa shape index (κ3) is 3.77. The van der Waals surface area contributed by atoms with Crippen molar-refractivity contribution < 1.29 is 0 Å². The van der Waals surface area contributed by atoms with Crippen molar-refractivity contribution in [1.82, 2.24) is 15.1 Å². The molecule has 0 amide bonds. The van der Waals surface area contributed by atoms with E-state index in [1.165, 1.54) is 51.7 Å². The minimum atomic E-state index is -0.343. The maximum Gasteiger partial charge on any atom is 0.105 e. The van der Waals surface area contributed by atoms with Gasteiger partial charge in [-0.25, -0.2) is 0 Å². The minimum Gasteiger partial charge on any atom is -0.298 e. The van der Waals surface area contributed by atoms with Crippen molar-refractivity contribution in [2.24, 2.45) is 0 Å². The summed E-state index contributed by atoms with van der Waals surface area (Å²) in [6.45, 7) is 9.18. The molecule has 3 unspecified atom stereocenters. The molecule has 0 spiro atoms. The predicted octanol–water partition coefficient (Wildman–Crippen LogP) is 1.97. The van der Waals surface area contributed by atoms with E-state index in [0.29, 0.717) is 12.1 Å². The molecule has 1 aliphatic carbocycles. The molecule has 3 fully saturated rings. The lowest BCUT2D eigenvalue weighted by molar-refractivity contribution is 0.0126. The van der Waals surface area contributed by atoms with Gasteiger partial charge in [-0.1, -0.05) is 6.42 Å². The molecule has 0 aromatic heterocycles. The second kappa shape index (κ2) is 6.24. The van der Waals surface area contributed by atoms with E-state index in [9.17, 15) is 5.26 Å². The van der Waals surface area contributed by atoms with Crippen LogP contribution in [0.3, 0.4) is 0 Å². The Labute approximate surface area is 129 Å². The van der Waals surface area contributed by atoms with E-state index in [-0.39, 0.29) is 5.54 Å². The molecule has 3 aliphatic rings. The molecule has 4 nitrogen and oxygen atoms in total. The lowest BCUT2D eigenvalue weighted by Crippen LogP contribution is -2.59. The molecule has 0 bridgehead atoms. The normalized spacial score (nSPS) is 34.0. The number of rotatable bonds is 5. The Morgan fingerprint density at radius 2 is 2.05 bits per heavy atom. The molecule has 2 aliphatic heterocycles. The van der Waals surface area contributed by atoms with Gasteiger partial charge >= 0.3 is 0 Å². The smallest absolute Gasteiger partial charge is 0.105 e. The molecule has 2 saturated heterocycles. The van der Waals surface area contributed by atoms with Gasteiger partial charge in [0.05, 0.1) is 6.07 Å². The Hall–Kier alpha value is -0.630. The van der Waals surface area contributed by atoms with Crippen LogP contribution in [0, 0.1) is 11.3 Å². The van der Waals surface area contributed by atoms with E-state index in [2.05, 4.69) is 35.0 Å². The lowest BCUT2D eigenvalue weighted by Gasteiger charge is -2.48. The number of nitrogens with zero attached hydrogens (tertiary/aromatic N) is 3. The Morgan fingerprint density at radius 1 is 1.24 bits per heavy atom. The van der Waals surface area contributed by atoms with Crippen LogP contribution in [0.4, 0.5) is 0 Å². The highest BCUT2D eigenvalue weighted by Gasteiger charge is 2.36. The zero-order chi connectivity index (χ0) is 14.9. The topological polar surface area (TPSA) is 42.3 Å². The van der Waals surface area contributed by atoms with Crippen molar-refractivity contribution in [2.75, 3.05) is 26.2 Å². The number of piperazine rings is 1. The number of hydrogen-bond acceptors (Lipinski definition) is 4. The molecule has 0 aromatic carbocycles. The van der Waals surface area contributed by atoms with E-state index in [1.54, 1.807) is 0 Å². The molecular formula is C17H30N4. The van der Waals surface area contributed by atoms with Gasteiger partial charge < -0.3 is 0 Å². The van der Waals surface area contributed by atoms with Gasteiger partial charge in [0.2, 0.25) is 0 Å². The first-order chi connectivity index (χ1) is 10.1. The third-order valence-corrected chi connectivity index (χ3v) is 5.56. The Kier molecular flexibility index (Phi) is 4.54. The molecule has 2 heterocycles.